The summed E-state index contributed by atoms with van der Waals surface area (Å²) >= 11 is 0. The van der Waals surface area contributed by atoms with Gasteiger partial charge in [-0.15, -0.1) is 0 Å². The third-order valence-corrected chi connectivity index (χ3v) is 16.6. The van der Waals surface area contributed by atoms with Crippen molar-refractivity contribution in [3.63, 3.8) is 0 Å². The summed E-state index contributed by atoms with van der Waals surface area (Å²) in [6, 6.07) is 25.8. The molecule has 0 spiro atoms. The van der Waals surface area contributed by atoms with Gasteiger partial charge in [-0.25, -0.2) is 31.4 Å². The Bertz CT molecular complexity index is 4100. The molecule has 0 aromatic heterocycles. The normalized spacial score (nSPS) is 12.3. The van der Waals surface area contributed by atoms with E-state index >= 15 is 0 Å². The molecule has 2 aliphatic rings. The van der Waals surface area contributed by atoms with E-state index in [0.717, 1.165) is 47.5 Å². The molecule has 0 fully saturated rings. The van der Waals surface area contributed by atoms with Crippen LogP contribution in [0.15, 0.2) is 133 Å². The van der Waals surface area contributed by atoms with Crippen LogP contribution in [0, 0.1) is 13.8 Å². The minimum Gasteiger partial charge on any atom is -0.507 e. The fourth-order valence-corrected chi connectivity index (χ4v) is 12.4. The van der Waals surface area contributed by atoms with Crippen molar-refractivity contribution in [1.82, 2.24) is 0 Å². The predicted octanol–water partition coefficient (Wildman–Crippen LogP) is 10.7. The summed E-state index contributed by atoms with van der Waals surface area (Å²) in [4.78, 5) is 27.5. The zero-order valence-electron chi connectivity index (χ0n) is 41.8. The van der Waals surface area contributed by atoms with Gasteiger partial charge in [0, 0.05) is 56.7 Å². The van der Waals surface area contributed by atoms with Crippen LogP contribution < -0.4 is 20.1 Å². The highest BCUT2D eigenvalue weighted by Crippen LogP contribution is 2.44. The van der Waals surface area contributed by atoms with E-state index in [0.29, 0.717) is 86.9 Å². The van der Waals surface area contributed by atoms with Crippen LogP contribution in [0.2, 0.25) is 0 Å². The predicted molar refractivity (Wildman–Crippen MR) is 288 cm³/mol. The number of anilines is 4. The van der Waals surface area contributed by atoms with Crippen LogP contribution in [-0.4, -0.2) is 62.2 Å². The number of carbonyl (C=O) groups is 2. The van der Waals surface area contributed by atoms with Gasteiger partial charge in [0.05, 0.1) is 32.2 Å². The number of carboxylic acids is 2. The number of sulfonamides is 2. The first kappa shape index (κ1) is 54.0. The minimum atomic E-state index is -4.77. The zero-order valence-corrected chi connectivity index (χ0v) is 44.3. The number of aromatic hydroxyl groups is 2. The van der Waals surface area contributed by atoms with Crippen molar-refractivity contribution in [1.29, 1.82) is 0 Å². The molecule has 8 rings (SSSR count). The summed E-state index contributed by atoms with van der Waals surface area (Å²) < 4.78 is 104. The molecule has 1 aliphatic heterocycles. The van der Waals surface area contributed by atoms with Crippen molar-refractivity contribution in [2.45, 2.75) is 81.9 Å². The highest BCUT2D eigenvalue weighted by atomic mass is 32.2. The average molecular weight is 1090 g/mol. The number of aryl methyl sites for hydroxylation is 4. The Morgan fingerprint density at radius 2 is 1.14 bits per heavy atom. The molecule has 0 atom stereocenters. The average Bonchev–Trinajstić information content (AvgIpc) is 3.38. The Morgan fingerprint density at radius 1 is 0.592 bits per heavy atom. The van der Waals surface area contributed by atoms with Gasteiger partial charge in [-0.2, -0.15) is 8.42 Å². The monoisotopic (exact) mass is 1090 g/mol. The molecule has 6 aromatic rings. The third kappa shape index (κ3) is 10.4. The van der Waals surface area contributed by atoms with Crippen molar-refractivity contribution in [2.75, 3.05) is 14.8 Å². The second kappa shape index (κ2) is 20.8. The lowest BCUT2D eigenvalue weighted by Gasteiger charge is -2.23. The molecule has 6 aromatic carbocycles. The Hall–Kier alpha value is -8.24. The zero-order chi connectivity index (χ0) is 55.2. The molecule has 1 heterocycles. The number of carboxylic acid groups (broad SMARTS) is 2. The van der Waals surface area contributed by atoms with Crippen molar-refractivity contribution < 1.29 is 64.2 Å². The van der Waals surface area contributed by atoms with E-state index in [2.05, 4.69) is 14.8 Å². The largest absolute Gasteiger partial charge is 0.507 e. The van der Waals surface area contributed by atoms with Gasteiger partial charge < -0.3 is 30.2 Å². The van der Waals surface area contributed by atoms with E-state index in [4.69, 9.17) is 9.41 Å². The quantitative estimate of drug-likeness (QED) is 0.0311. The molecule has 0 saturated carbocycles. The molecule has 76 heavy (non-hydrogen) atoms. The van der Waals surface area contributed by atoms with Gasteiger partial charge in [0.25, 0.3) is 30.2 Å². The fourth-order valence-electron chi connectivity index (χ4n) is 9.32. The molecule has 21 heteroatoms. The molecule has 0 unspecified atom stereocenters. The maximum absolute atomic E-state index is 13.8. The summed E-state index contributed by atoms with van der Waals surface area (Å²) in [5.74, 6) is -3.97. The molecule has 0 radical (unpaired) electrons. The summed E-state index contributed by atoms with van der Waals surface area (Å²) in [6.45, 7) is 11.0. The topological polar surface area (TPSA) is 299 Å². The lowest BCUT2D eigenvalue weighted by atomic mass is 9.93. The summed E-state index contributed by atoms with van der Waals surface area (Å²) in [6.07, 6.45) is 1.65. The van der Waals surface area contributed by atoms with E-state index in [9.17, 15) is 59.8 Å². The number of hydrogen-bond acceptors (Lipinski definition) is 13. The molecular formula is C55H52N4O14S3. The summed E-state index contributed by atoms with van der Waals surface area (Å²) in [7, 11) is -13.6. The van der Waals surface area contributed by atoms with Crippen LogP contribution in [0.4, 0.5) is 28.4 Å². The van der Waals surface area contributed by atoms with E-state index in [1.165, 1.54) is 12.1 Å². The smallest absolute Gasteiger partial charge is 0.339 e. The number of phenols is 2. The van der Waals surface area contributed by atoms with Crippen LogP contribution >= 0.6 is 0 Å². The Kier molecular flexibility index (Phi) is 14.8. The molecule has 394 valence electrons. The molecule has 18 nitrogen and oxygen atoms in total. The number of rotatable bonds is 17. The van der Waals surface area contributed by atoms with Crippen LogP contribution in [0.3, 0.4) is 0 Å². The van der Waals surface area contributed by atoms with Gasteiger partial charge in [0.2, 0.25) is 0 Å². The fraction of sp³-hybridized carbons (Fsp3) is 0.182. The van der Waals surface area contributed by atoms with Gasteiger partial charge >= 0.3 is 11.9 Å². The second-order valence-corrected chi connectivity index (χ2v) is 22.6. The maximum Gasteiger partial charge on any atom is 0.339 e. The molecule has 1 aliphatic carbocycles. The molecule has 0 saturated heterocycles. The van der Waals surface area contributed by atoms with Crippen LogP contribution in [0.1, 0.15) is 81.8 Å². The molecule has 8 N–H and O–H groups in total. The lowest BCUT2D eigenvalue weighted by Crippen LogP contribution is -2.17. The highest BCUT2D eigenvalue weighted by Gasteiger charge is 2.28. The Labute approximate surface area is 438 Å². The SMILES string of the molecule is CCc1cc(C)c(NS(=O)(=O)c2ccc(O)c(C(=O)O)c2)c(CC)c1/N=c1/ccc2c(-c3ccccc3S(=O)(=O)O)c3ccc(Nc4c(CC)cc(C)c(NS(=O)(=O)c5ccc(O)c(C(=O)O)c5)c4CC)cc3oc-2c1. The third-order valence-electron chi connectivity index (χ3n) is 13.0. The second-order valence-electron chi connectivity index (χ2n) is 17.8. The Balaban J connectivity index is 1.29. The number of aromatic carboxylic acids is 2. The van der Waals surface area contributed by atoms with E-state index in [-0.39, 0.29) is 43.0 Å². The summed E-state index contributed by atoms with van der Waals surface area (Å²) in [5, 5.41) is 43.6. The Morgan fingerprint density at radius 3 is 1.68 bits per heavy atom. The van der Waals surface area contributed by atoms with Gasteiger partial charge in [-0.1, -0.05) is 58.0 Å². The number of benzene rings is 7. The van der Waals surface area contributed by atoms with Crippen molar-refractivity contribution in [2.24, 2.45) is 4.99 Å². The van der Waals surface area contributed by atoms with Crippen molar-refractivity contribution in [3.05, 3.63) is 159 Å². The highest BCUT2D eigenvalue weighted by molar-refractivity contribution is 7.93. The van der Waals surface area contributed by atoms with E-state index in [1.54, 1.807) is 68.4 Å². The van der Waals surface area contributed by atoms with E-state index in [1.807, 2.05) is 33.8 Å². The summed E-state index contributed by atoms with van der Waals surface area (Å²) in [5.41, 5.74) is 6.00. The number of nitrogens with one attached hydrogen (secondary N) is 3. The van der Waals surface area contributed by atoms with Gasteiger partial charge in [0.1, 0.15) is 38.9 Å². The van der Waals surface area contributed by atoms with Gasteiger partial charge in [-0.3, -0.25) is 14.0 Å². The van der Waals surface area contributed by atoms with Crippen LogP contribution in [0.5, 0.6) is 11.5 Å². The minimum absolute atomic E-state index is 0.170. The molecule has 0 amide bonds. The van der Waals surface area contributed by atoms with Crippen molar-refractivity contribution in [3.8, 4) is 33.9 Å². The van der Waals surface area contributed by atoms with E-state index < -0.39 is 64.7 Å². The molecule has 0 bridgehead atoms. The molecular weight excluding hydrogens is 1040 g/mol. The first-order valence-corrected chi connectivity index (χ1v) is 28.2. The van der Waals surface area contributed by atoms with Crippen molar-refractivity contribution >= 4 is 81.5 Å². The first-order chi connectivity index (χ1) is 35.9. The van der Waals surface area contributed by atoms with Crippen LogP contribution in [0.25, 0.3) is 33.4 Å². The maximum atomic E-state index is 13.8. The lowest BCUT2D eigenvalue weighted by molar-refractivity contribution is 0.0682. The van der Waals surface area contributed by atoms with Gasteiger partial charge in [0.15, 0.2) is 0 Å². The van der Waals surface area contributed by atoms with Crippen LogP contribution in [-0.2, 0) is 55.8 Å². The first-order valence-electron chi connectivity index (χ1n) is 23.8. The number of nitrogens with zero attached hydrogens (tertiary/aromatic N) is 1. The number of fused-ring (bicyclic) bond motifs is 2. The standard InChI is InChI=1S/C55H52N4O14S3/c1-7-31-23-29(5)50(58-74(66,67)35-17-21-44(60)42(27-35)54(62)63)37(9-3)52(31)56-33-15-19-39-46(25-33)73-47-26-34(16-20-40(47)49(39)41-13-11-12-14-48(41)76(70,71)72)57-53-32(8-2)24-30(6)51(38(53)10-4)59-75(68,69)36-18-22-45(61)43(28-36)55(64)65/h11-28,56,58-61H,7-10H2,1-6H3,(H,62,63)(H,64,65)(H,70,71,72)/b57-34-. The van der Waals surface area contributed by atoms with Gasteiger partial charge in [-0.05, 0) is 129 Å². The number of hydrogen-bond donors (Lipinski definition) is 8.